The molecular weight excluding hydrogens is 214 g/mol. The molecule has 2 heterocycles. The molecule has 4 nitrogen and oxygen atoms in total. The number of aromatic nitrogens is 1. The Morgan fingerprint density at radius 2 is 2.47 bits per heavy atom. The number of nitrogens with zero attached hydrogens (tertiary/aromatic N) is 2. The molecule has 0 aromatic carbocycles. The summed E-state index contributed by atoms with van der Waals surface area (Å²) in [6, 6.07) is 4.20. The molecular formula is C13H19N3O. The average Bonchev–Trinajstić information content (AvgIpc) is 2.40. The van der Waals surface area contributed by atoms with Crippen molar-refractivity contribution in [1.29, 1.82) is 0 Å². The second kappa shape index (κ2) is 5.77. The lowest BCUT2D eigenvalue weighted by molar-refractivity contribution is -0.134. The summed E-state index contributed by atoms with van der Waals surface area (Å²) in [5.41, 5.74) is 1.15. The van der Waals surface area contributed by atoms with E-state index in [2.05, 4.69) is 16.4 Å². The number of likely N-dealkylation sites (N-methyl/N-ethyl adjacent to an activating group) is 1. The molecule has 1 N–H and O–H groups in total. The van der Waals surface area contributed by atoms with Gasteiger partial charge in [0, 0.05) is 18.9 Å². The van der Waals surface area contributed by atoms with Crippen LogP contribution in [0, 0.1) is 0 Å². The van der Waals surface area contributed by atoms with Gasteiger partial charge in [-0.2, -0.15) is 0 Å². The van der Waals surface area contributed by atoms with Crippen LogP contribution in [-0.2, 0) is 4.79 Å². The molecule has 1 atom stereocenters. The first-order valence-electron chi connectivity index (χ1n) is 6.17. The third kappa shape index (κ3) is 2.82. The maximum Gasteiger partial charge on any atom is 0.237 e. The van der Waals surface area contributed by atoms with Crippen molar-refractivity contribution < 1.29 is 4.79 Å². The Balaban J connectivity index is 2.15. The summed E-state index contributed by atoms with van der Waals surface area (Å²) in [7, 11) is 1.81. The Hall–Kier alpha value is -1.42. The number of hydrogen-bond acceptors (Lipinski definition) is 3. The van der Waals surface area contributed by atoms with Gasteiger partial charge < -0.3 is 10.2 Å². The van der Waals surface area contributed by atoms with Crippen LogP contribution in [0.25, 0.3) is 0 Å². The first-order valence-corrected chi connectivity index (χ1v) is 6.17. The van der Waals surface area contributed by atoms with E-state index < -0.39 is 0 Å². The first kappa shape index (κ1) is 12.0. The number of nitrogens with one attached hydrogen (secondary N) is 1. The Morgan fingerprint density at radius 3 is 3.18 bits per heavy atom. The molecule has 1 aliphatic rings. The molecule has 92 valence electrons. The lowest BCUT2D eigenvalue weighted by Gasteiger charge is -2.36. The molecule has 2 rings (SSSR count). The smallest absolute Gasteiger partial charge is 0.237 e. The summed E-state index contributed by atoms with van der Waals surface area (Å²) < 4.78 is 0. The molecule has 17 heavy (non-hydrogen) atoms. The molecule has 4 heteroatoms. The van der Waals surface area contributed by atoms with E-state index in [0.29, 0.717) is 6.54 Å². The van der Waals surface area contributed by atoms with Gasteiger partial charge in [0.2, 0.25) is 5.91 Å². The summed E-state index contributed by atoms with van der Waals surface area (Å²) in [6.45, 7) is 1.27. The van der Waals surface area contributed by atoms with Crippen LogP contribution in [-0.4, -0.2) is 35.9 Å². The number of carbonyl (C=O) groups is 1. The van der Waals surface area contributed by atoms with E-state index in [4.69, 9.17) is 0 Å². The molecule has 1 aromatic heterocycles. The van der Waals surface area contributed by atoms with Gasteiger partial charge in [0.25, 0.3) is 0 Å². The van der Waals surface area contributed by atoms with Crippen molar-refractivity contribution in [2.75, 3.05) is 20.1 Å². The summed E-state index contributed by atoms with van der Waals surface area (Å²) in [5.74, 6) is 0.182. The van der Waals surface area contributed by atoms with Crippen LogP contribution in [0.1, 0.15) is 30.9 Å². The maximum absolute atomic E-state index is 12.0. The second-order valence-corrected chi connectivity index (χ2v) is 4.42. The van der Waals surface area contributed by atoms with Crippen LogP contribution in [0.15, 0.2) is 24.5 Å². The van der Waals surface area contributed by atoms with Crippen molar-refractivity contribution in [3.63, 3.8) is 0 Å². The fraction of sp³-hybridized carbons (Fsp3) is 0.538. The molecule has 0 spiro atoms. The molecule has 0 unspecified atom stereocenters. The Morgan fingerprint density at radius 1 is 1.59 bits per heavy atom. The number of hydrogen-bond donors (Lipinski definition) is 1. The first-order chi connectivity index (χ1) is 8.33. The van der Waals surface area contributed by atoms with E-state index >= 15 is 0 Å². The van der Waals surface area contributed by atoms with Gasteiger partial charge in [-0.1, -0.05) is 6.07 Å². The normalized spacial score (nSPS) is 20.3. The van der Waals surface area contributed by atoms with E-state index in [1.54, 1.807) is 13.2 Å². The van der Waals surface area contributed by atoms with Gasteiger partial charge in [-0.15, -0.1) is 0 Å². The third-order valence-corrected chi connectivity index (χ3v) is 3.22. The van der Waals surface area contributed by atoms with Crippen molar-refractivity contribution >= 4 is 5.91 Å². The number of amides is 1. The van der Waals surface area contributed by atoms with Gasteiger partial charge in [0.15, 0.2) is 0 Å². The summed E-state index contributed by atoms with van der Waals surface area (Å²) >= 11 is 0. The van der Waals surface area contributed by atoms with Crippen molar-refractivity contribution in [2.45, 2.75) is 25.3 Å². The van der Waals surface area contributed by atoms with Gasteiger partial charge in [-0.25, -0.2) is 0 Å². The zero-order valence-corrected chi connectivity index (χ0v) is 10.2. The minimum Gasteiger partial charge on any atom is -0.334 e. The highest BCUT2D eigenvalue weighted by molar-refractivity contribution is 5.78. The highest BCUT2D eigenvalue weighted by Gasteiger charge is 2.27. The average molecular weight is 233 g/mol. The minimum absolute atomic E-state index is 0.182. The van der Waals surface area contributed by atoms with Crippen molar-refractivity contribution in [2.24, 2.45) is 0 Å². The van der Waals surface area contributed by atoms with E-state index in [0.717, 1.165) is 24.9 Å². The Labute approximate surface area is 102 Å². The fourth-order valence-corrected chi connectivity index (χ4v) is 2.40. The predicted molar refractivity (Wildman–Crippen MR) is 66.5 cm³/mol. The third-order valence-electron chi connectivity index (χ3n) is 3.22. The summed E-state index contributed by atoms with van der Waals surface area (Å²) in [4.78, 5) is 18.2. The zero-order chi connectivity index (χ0) is 12.1. The number of likely N-dealkylation sites (tertiary alicyclic amines) is 1. The molecule has 1 aliphatic heterocycles. The highest BCUT2D eigenvalue weighted by atomic mass is 16.2. The maximum atomic E-state index is 12.0. The van der Waals surface area contributed by atoms with Crippen LogP contribution in [0.3, 0.4) is 0 Å². The van der Waals surface area contributed by atoms with Crippen molar-refractivity contribution in [3.05, 3.63) is 30.1 Å². The molecule has 1 aromatic rings. The molecule has 1 saturated heterocycles. The van der Waals surface area contributed by atoms with Gasteiger partial charge in [-0.3, -0.25) is 9.78 Å². The molecule has 0 aliphatic carbocycles. The van der Waals surface area contributed by atoms with E-state index in [1.807, 2.05) is 17.2 Å². The molecule has 0 radical (unpaired) electrons. The molecule has 0 saturated carbocycles. The summed E-state index contributed by atoms with van der Waals surface area (Å²) in [5, 5.41) is 2.93. The van der Waals surface area contributed by atoms with Crippen molar-refractivity contribution in [3.8, 4) is 0 Å². The fourth-order valence-electron chi connectivity index (χ4n) is 2.40. The Bertz CT molecular complexity index is 366. The number of piperidine rings is 1. The van der Waals surface area contributed by atoms with Crippen LogP contribution < -0.4 is 5.32 Å². The van der Waals surface area contributed by atoms with Crippen molar-refractivity contribution in [1.82, 2.24) is 15.2 Å². The minimum atomic E-state index is 0.182. The SMILES string of the molecule is CNCC(=O)N1CCCC[C@@H]1c1cccnc1. The standard InChI is InChI=1S/C13H19N3O/c1-14-10-13(17)16-8-3-2-6-12(16)11-5-4-7-15-9-11/h4-5,7,9,12,14H,2-3,6,8,10H2,1H3/t12-/m1/s1. The lowest BCUT2D eigenvalue weighted by Crippen LogP contribution is -2.42. The highest BCUT2D eigenvalue weighted by Crippen LogP contribution is 2.30. The van der Waals surface area contributed by atoms with E-state index in [-0.39, 0.29) is 11.9 Å². The van der Waals surface area contributed by atoms with Crippen LogP contribution >= 0.6 is 0 Å². The molecule has 1 amide bonds. The Kier molecular flexibility index (Phi) is 4.09. The number of rotatable bonds is 3. The van der Waals surface area contributed by atoms with Gasteiger partial charge in [-0.05, 0) is 37.9 Å². The van der Waals surface area contributed by atoms with Gasteiger partial charge >= 0.3 is 0 Å². The van der Waals surface area contributed by atoms with Gasteiger partial charge in [0.05, 0.1) is 12.6 Å². The number of carbonyl (C=O) groups excluding carboxylic acids is 1. The lowest BCUT2D eigenvalue weighted by atomic mass is 9.96. The molecule has 0 bridgehead atoms. The topological polar surface area (TPSA) is 45.2 Å². The molecule has 1 fully saturated rings. The van der Waals surface area contributed by atoms with Gasteiger partial charge in [0.1, 0.15) is 0 Å². The zero-order valence-electron chi connectivity index (χ0n) is 10.2. The van der Waals surface area contributed by atoms with Crippen LogP contribution in [0.2, 0.25) is 0 Å². The summed E-state index contributed by atoms with van der Waals surface area (Å²) in [6.07, 6.45) is 6.97. The quantitative estimate of drug-likeness (QED) is 0.857. The monoisotopic (exact) mass is 233 g/mol. The van der Waals surface area contributed by atoms with Crippen LogP contribution in [0.5, 0.6) is 0 Å². The van der Waals surface area contributed by atoms with E-state index in [1.165, 1.54) is 6.42 Å². The second-order valence-electron chi connectivity index (χ2n) is 4.42. The van der Waals surface area contributed by atoms with E-state index in [9.17, 15) is 4.79 Å². The van der Waals surface area contributed by atoms with Crippen LogP contribution in [0.4, 0.5) is 0 Å². The predicted octanol–water partition coefficient (Wildman–Crippen LogP) is 1.35. The number of pyridine rings is 1. The largest absolute Gasteiger partial charge is 0.334 e.